The molecular formula is C14H14N2O3S2. The summed E-state index contributed by atoms with van der Waals surface area (Å²) < 4.78 is 0.417. The Morgan fingerprint density at radius 1 is 1.43 bits per heavy atom. The molecule has 1 aliphatic rings. The third-order valence-corrected chi connectivity index (χ3v) is 4.45. The highest BCUT2D eigenvalue weighted by Gasteiger charge is 2.34. The lowest BCUT2D eigenvalue weighted by atomic mass is 10.1. The summed E-state index contributed by atoms with van der Waals surface area (Å²) in [5.41, 5.74) is 1.04. The molecule has 0 aromatic heterocycles. The predicted molar refractivity (Wildman–Crippen MR) is 86.4 cm³/mol. The minimum Gasteiger partial charge on any atom is -0.325 e. The molecular weight excluding hydrogens is 308 g/mol. The second kappa shape index (κ2) is 6.36. The predicted octanol–water partition coefficient (Wildman–Crippen LogP) is 2.08. The molecule has 0 spiro atoms. The van der Waals surface area contributed by atoms with Crippen molar-refractivity contribution in [2.45, 2.75) is 19.1 Å². The number of Topliss-reactive ketones (excluding diaryl/α,β-unsaturated/α-hetero) is 1. The molecule has 0 saturated carbocycles. The van der Waals surface area contributed by atoms with Gasteiger partial charge in [-0.3, -0.25) is 19.3 Å². The second-order valence-corrected chi connectivity index (χ2v) is 6.61. The zero-order valence-electron chi connectivity index (χ0n) is 11.6. The zero-order chi connectivity index (χ0) is 15.6. The minimum atomic E-state index is -0.346. The van der Waals surface area contributed by atoms with Gasteiger partial charge in [-0.05, 0) is 26.0 Å². The van der Waals surface area contributed by atoms with E-state index in [2.05, 4.69) is 5.32 Å². The van der Waals surface area contributed by atoms with Crippen LogP contribution in [0.2, 0.25) is 0 Å². The Labute approximate surface area is 132 Å². The number of anilines is 1. The molecule has 1 unspecified atom stereocenters. The molecule has 2 rings (SSSR count). The van der Waals surface area contributed by atoms with Crippen LogP contribution in [0.5, 0.6) is 0 Å². The molecule has 1 aliphatic heterocycles. The van der Waals surface area contributed by atoms with E-state index in [4.69, 9.17) is 12.2 Å². The number of hydrogen-bond donors (Lipinski definition) is 1. The maximum Gasteiger partial charge on any atom is 0.244 e. The summed E-state index contributed by atoms with van der Waals surface area (Å²) >= 11 is 6.35. The Hall–Kier alpha value is -1.73. The zero-order valence-corrected chi connectivity index (χ0v) is 13.2. The van der Waals surface area contributed by atoms with Crippen molar-refractivity contribution in [2.75, 3.05) is 11.9 Å². The second-order valence-electron chi connectivity index (χ2n) is 4.64. The number of carbonyl (C=O) groups is 3. The Balaban J connectivity index is 2.02. The van der Waals surface area contributed by atoms with Crippen molar-refractivity contribution in [3.05, 3.63) is 29.8 Å². The van der Waals surface area contributed by atoms with Gasteiger partial charge < -0.3 is 5.32 Å². The Morgan fingerprint density at radius 2 is 2.14 bits per heavy atom. The smallest absolute Gasteiger partial charge is 0.244 e. The number of hydrogen-bond acceptors (Lipinski definition) is 5. The summed E-state index contributed by atoms with van der Waals surface area (Å²) in [6.45, 7) is 3.10. The van der Waals surface area contributed by atoms with Gasteiger partial charge in [0.2, 0.25) is 11.8 Å². The lowest BCUT2D eigenvalue weighted by molar-refractivity contribution is -0.129. The average Bonchev–Trinajstić information content (AvgIpc) is 2.65. The first-order valence-corrected chi connectivity index (χ1v) is 7.60. The Kier molecular flexibility index (Phi) is 4.74. The molecule has 21 heavy (non-hydrogen) atoms. The first-order chi connectivity index (χ1) is 9.88. The number of amides is 2. The molecule has 110 valence electrons. The Morgan fingerprint density at radius 3 is 2.71 bits per heavy atom. The molecule has 1 heterocycles. The van der Waals surface area contributed by atoms with Gasteiger partial charge in [-0.2, -0.15) is 0 Å². The SMILES string of the molecule is CC(=O)c1cccc(NC(=O)CN2C(=O)C(C)SC2=S)c1. The summed E-state index contributed by atoms with van der Waals surface area (Å²) in [6.07, 6.45) is 0. The number of nitrogens with one attached hydrogen (secondary N) is 1. The van der Waals surface area contributed by atoms with E-state index >= 15 is 0 Å². The normalized spacial score (nSPS) is 18.0. The van der Waals surface area contributed by atoms with Crippen molar-refractivity contribution in [2.24, 2.45) is 0 Å². The van der Waals surface area contributed by atoms with Crippen molar-refractivity contribution >= 4 is 51.6 Å². The van der Waals surface area contributed by atoms with Crippen LogP contribution < -0.4 is 5.32 Å². The van der Waals surface area contributed by atoms with Crippen molar-refractivity contribution < 1.29 is 14.4 Å². The van der Waals surface area contributed by atoms with Gasteiger partial charge in [0.1, 0.15) is 10.9 Å². The summed E-state index contributed by atoms with van der Waals surface area (Å²) in [5.74, 6) is -0.578. The molecule has 1 N–H and O–H groups in total. The van der Waals surface area contributed by atoms with Crippen LogP contribution in [0.25, 0.3) is 0 Å². The molecule has 1 atom stereocenters. The van der Waals surface area contributed by atoms with Gasteiger partial charge in [-0.15, -0.1) is 0 Å². The highest BCUT2D eigenvalue weighted by molar-refractivity contribution is 8.24. The van der Waals surface area contributed by atoms with Crippen molar-refractivity contribution in [1.29, 1.82) is 0 Å². The van der Waals surface area contributed by atoms with Gasteiger partial charge in [-0.1, -0.05) is 36.1 Å². The van der Waals surface area contributed by atoms with E-state index in [-0.39, 0.29) is 29.4 Å². The fourth-order valence-corrected chi connectivity index (χ4v) is 3.28. The van der Waals surface area contributed by atoms with Crippen LogP contribution in [0, 0.1) is 0 Å². The lowest BCUT2D eigenvalue weighted by Gasteiger charge is -2.15. The van der Waals surface area contributed by atoms with Crippen LogP contribution >= 0.6 is 24.0 Å². The molecule has 0 radical (unpaired) electrons. The maximum atomic E-state index is 12.0. The number of nitrogens with zero attached hydrogens (tertiary/aromatic N) is 1. The number of rotatable bonds is 4. The molecule has 0 bridgehead atoms. The first-order valence-electron chi connectivity index (χ1n) is 6.31. The average molecular weight is 322 g/mol. The van der Waals surface area contributed by atoms with Crippen LogP contribution in [0.15, 0.2) is 24.3 Å². The maximum absolute atomic E-state index is 12.0. The van der Waals surface area contributed by atoms with E-state index in [0.717, 1.165) is 0 Å². The molecule has 0 aliphatic carbocycles. The third-order valence-electron chi connectivity index (χ3n) is 2.97. The number of thiocarbonyl (C=S) groups is 1. The standard InChI is InChI=1S/C14H14N2O3S2/c1-8(17)10-4-3-5-11(6-10)15-12(18)7-16-13(19)9(2)21-14(16)20/h3-6,9H,7H2,1-2H3,(H,15,18). The van der Waals surface area contributed by atoms with Gasteiger partial charge >= 0.3 is 0 Å². The molecule has 5 nitrogen and oxygen atoms in total. The van der Waals surface area contributed by atoms with Crippen LogP contribution in [-0.2, 0) is 9.59 Å². The summed E-state index contributed by atoms with van der Waals surface area (Å²) in [6, 6.07) is 6.65. The van der Waals surface area contributed by atoms with Crippen LogP contribution in [0.1, 0.15) is 24.2 Å². The van der Waals surface area contributed by atoms with E-state index in [9.17, 15) is 14.4 Å². The topological polar surface area (TPSA) is 66.5 Å². The van der Waals surface area contributed by atoms with E-state index < -0.39 is 0 Å². The molecule has 1 aromatic rings. The number of thioether (sulfide) groups is 1. The lowest BCUT2D eigenvalue weighted by Crippen LogP contribution is -2.37. The van der Waals surface area contributed by atoms with Gasteiger partial charge in [0.05, 0.1) is 5.25 Å². The largest absolute Gasteiger partial charge is 0.325 e. The van der Waals surface area contributed by atoms with Gasteiger partial charge in [-0.25, -0.2) is 0 Å². The molecule has 2 amide bonds. The molecule has 1 aromatic carbocycles. The number of benzene rings is 1. The minimum absolute atomic E-state index is 0.0766. The highest BCUT2D eigenvalue weighted by atomic mass is 32.2. The summed E-state index contributed by atoms with van der Waals surface area (Å²) in [4.78, 5) is 36.4. The third kappa shape index (κ3) is 3.68. The fourth-order valence-electron chi connectivity index (χ4n) is 1.88. The molecule has 1 saturated heterocycles. The summed E-state index contributed by atoms with van der Waals surface area (Å²) in [7, 11) is 0. The number of ketones is 1. The van der Waals surface area contributed by atoms with E-state index in [0.29, 0.717) is 15.6 Å². The van der Waals surface area contributed by atoms with Crippen LogP contribution in [-0.4, -0.2) is 38.6 Å². The van der Waals surface area contributed by atoms with Crippen LogP contribution in [0.4, 0.5) is 5.69 Å². The fraction of sp³-hybridized carbons (Fsp3) is 0.286. The van der Waals surface area contributed by atoms with Gasteiger partial charge in [0.25, 0.3) is 0 Å². The molecule has 1 fully saturated rings. The van der Waals surface area contributed by atoms with Gasteiger partial charge in [0.15, 0.2) is 5.78 Å². The summed E-state index contributed by atoms with van der Waals surface area (Å²) in [5, 5.41) is 2.42. The van der Waals surface area contributed by atoms with Crippen LogP contribution in [0.3, 0.4) is 0 Å². The van der Waals surface area contributed by atoms with Crippen molar-refractivity contribution in [3.8, 4) is 0 Å². The number of carbonyl (C=O) groups excluding carboxylic acids is 3. The van der Waals surface area contributed by atoms with E-state index in [1.807, 2.05) is 0 Å². The van der Waals surface area contributed by atoms with E-state index in [1.165, 1.54) is 23.6 Å². The van der Waals surface area contributed by atoms with Crippen molar-refractivity contribution in [1.82, 2.24) is 4.90 Å². The monoisotopic (exact) mass is 322 g/mol. The Bertz CT molecular complexity index is 630. The highest BCUT2D eigenvalue weighted by Crippen LogP contribution is 2.26. The first kappa shape index (κ1) is 15.7. The van der Waals surface area contributed by atoms with Crippen molar-refractivity contribution in [3.63, 3.8) is 0 Å². The molecule has 7 heteroatoms. The van der Waals surface area contributed by atoms with E-state index in [1.54, 1.807) is 31.2 Å². The van der Waals surface area contributed by atoms with Gasteiger partial charge in [0, 0.05) is 11.3 Å². The quantitative estimate of drug-likeness (QED) is 0.679.